The average molecular weight is 350 g/mol. The van der Waals surface area contributed by atoms with Crippen LogP contribution in [-0.2, 0) is 16.1 Å². The Morgan fingerprint density at radius 1 is 1.53 bits per heavy atom. The first-order valence-electron chi connectivity index (χ1n) is 5.21. The first kappa shape index (κ1) is 14.1. The van der Waals surface area contributed by atoms with Crippen LogP contribution in [-0.4, -0.2) is 21.1 Å². The van der Waals surface area contributed by atoms with Crippen LogP contribution in [0.4, 0.5) is 0 Å². The molecule has 0 spiro atoms. The summed E-state index contributed by atoms with van der Waals surface area (Å²) in [6, 6.07) is 0. The number of halogens is 1. The lowest BCUT2D eigenvalue weighted by atomic mass is 10.2. The maximum absolute atomic E-state index is 11.6. The van der Waals surface area contributed by atoms with Gasteiger partial charge in [0.05, 0.1) is 16.3 Å². The van der Waals surface area contributed by atoms with E-state index in [-0.39, 0.29) is 24.5 Å². The summed E-state index contributed by atoms with van der Waals surface area (Å²) in [5.41, 5.74) is -0.630. The summed E-state index contributed by atoms with van der Waals surface area (Å²) in [5, 5.41) is 0. The van der Waals surface area contributed by atoms with Crippen molar-refractivity contribution in [2.75, 3.05) is 0 Å². The fraction of sp³-hybridized carbons (Fsp3) is 0.545. The molecule has 0 saturated carbocycles. The van der Waals surface area contributed by atoms with Gasteiger partial charge in [-0.3, -0.25) is 14.2 Å². The number of nitrogens with zero attached hydrogens (tertiary/aromatic N) is 2. The summed E-state index contributed by atoms with van der Waals surface area (Å²) in [6.45, 7) is 5.72. The van der Waals surface area contributed by atoms with Crippen molar-refractivity contribution in [2.24, 2.45) is 0 Å². The minimum Gasteiger partial charge on any atom is -0.460 e. The first-order chi connectivity index (χ1) is 7.79. The van der Waals surface area contributed by atoms with Crippen LogP contribution in [0.15, 0.2) is 17.3 Å². The molecule has 0 atom stereocenters. The van der Waals surface area contributed by atoms with Crippen molar-refractivity contribution in [1.82, 2.24) is 9.55 Å². The summed E-state index contributed by atoms with van der Waals surface area (Å²) in [5.74, 6) is -0.316. The van der Waals surface area contributed by atoms with E-state index in [1.54, 1.807) is 0 Å². The van der Waals surface area contributed by atoms with Gasteiger partial charge < -0.3 is 4.74 Å². The van der Waals surface area contributed by atoms with E-state index in [2.05, 4.69) is 4.98 Å². The summed E-state index contributed by atoms with van der Waals surface area (Å²) in [4.78, 5) is 27.0. The first-order valence-corrected chi connectivity index (χ1v) is 6.29. The lowest BCUT2D eigenvalue weighted by molar-refractivity contribution is -0.155. The maximum Gasteiger partial charge on any atom is 0.308 e. The molecule has 1 rings (SSSR count). The maximum atomic E-state index is 11.6. The second kappa shape index (κ2) is 5.61. The van der Waals surface area contributed by atoms with Crippen LogP contribution in [0.5, 0.6) is 0 Å². The minimum atomic E-state index is -0.495. The number of rotatable bonds is 3. The van der Waals surface area contributed by atoms with Gasteiger partial charge in [0.15, 0.2) is 0 Å². The van der Waals surface area contributed by atoms with E-state index in [4.69, 9.17) is 4.74 Å². The molecule has 0 fully saturated rings. The van der Waals surface area contributed by atoms with Crippen molar-refractivity contribution in [3.8, 4) is 0 Å². The molecular weight excluding hydrogens is 335 g/mol. The molecule has 5 nitrogen and oxygen atoms in total. The Hall–Kier alpha value is -0.920. The lowest BCUT2D eigenvalue weighted by Crippen LogP contribution is -2.27. The number of carbonyl (C=O) groups excluding carboxylic acids is 1. The number of esters is 1. The fourth-order valence-electron chi connectivity index (χ4n) is 1.19. The molecule has 6 heteroatoms. The van der Waals surface area contributed by atoms with Gasteiger partial charge in [-0.2, -0.15) is 0 Å². The number of aromatic nitrogens is 2. The predicted molar refractivity (Wildman–Crippen MR) is 71.7 cm³/mol. The van der Waals surface area contributed by atoms with Gasteiger partial charge in [-0.1, -0.05) is 0 Å². The number of carbonyl (C=O) groups is 1. The summed E-state index contributed by atoms with van der Waals surface area (Å²) < 4.78 is 7.10. The zero-order valence-corrected chi connectivity index (χ0v) is 12.2. The molecule has 1 aromatic heterocycles. The Kier molecular flexibility index (Phi) is 4.67. The number of hydrogen-bond donors (Lipinski definition) is 0. The van der Waals surface area contributed by atoms with E-state index in [0.29, 0.717) is 3.57 Å². The average Bonchev–Trinajstić information content (AvgIpc) is 2.18. The Bertz CT molecular complexity index is 463. The Morgan fingerprint density at radius 2 is 2.18 bits per heavy atom. The third kappa shape index (κ3) is 4.84. The molecule has 0 amide bonds. The second-order valence-electron chi connectivity index (χ2n) is 4.58. The van der Waals surface area contributed by atoms with Crippen molar-refractivity contribution in [3.63, 3.8) is 0 Å². The van der Waals surface area contributed by atoms with Gasteiger partial charge in [-0.25, -0.2) is 4.98 Å². The van der Waals surface area contributed by atoms with Crippen molar-refractivity contribution < 1.29 is 9.53 Å². The molecule has 0 aliphatic rings. The summed E-state index contributed by atoms with van der Waals surface area (Å²) in [7, 11) is 0. The monoisotopic (exact) mass is 350 g/mol. The SMILES string of the molecule is CC(C)(C)OC(=O)CCn1cncc(I)c1=O. The van der Waals surface area contributed by atoms with Crippen molar-refractivity contribution in [1.29, 1.82) is 0 Å². The van der Waals surface area contributed by atoms with E-state index < -0.39 is 5.60 Å². The molecule has 94 valence electrons. The molecule has 0 aliphatic heterocycles. The number of aryl methyl sites for hydroxylation is 1. The lowest BCUT2D eigenvalue weighted by Gasteiger charge is -2.19. The van der Waals surface area contributed by atoms with Gasteiger partial charge in [0.25, 0.3) is 5.56 Å². The number of ether oxygens (including phenoxy) is 1. The molecule has 17 heavy (non-hydrogen) atoms. The Labute approximate surface area is 113 Å². The smallest absolute Gasteiger partial charge is 0.308 e. The van der Waals surface area contributed by atoms with Crippen LogP contribution in [0.1, 0.15) is 27.2 Å². The summed E-state index contributed by atoms with van der Waals surface area (Å²) >= 11 is 1.92. The van der Waals surface area contributed by atoms with Crippen LogP contribution in [0.3, 0.4) is 0 Å². The van der Waals surface area contributed by atoms with Crippen molar-refractivity contribution in [2.45, 2.75) is 39.3 Å². The third-order valence-corrected chi connectivity index (χ3v) is 2.58. The van der Waals surface area contributed by atoms with Gasteiger partial charge in [-0.15, -0.1) is 0 Å². The van der Waals surface area contributed by atoms with Crippen LogP contribution in [0.2, 0.25) is 0 Å². The van der Waals surface area contributed by atoms with Crippen LogP contribution < -0.4 is 5.56 Å². The van der Waals surface area contributed by atoms with Crippen molar-refractivity contribution >= 4 is 28.6 Å². The highest BCUT2D eigenvalue weighted by atomic mass is 127. The molecule has 1 aromatic rings. The fourth-order valence-corrected chi connectivity index (χ4v) is 1.66. The molecule has 0 unspecified atom stereocenters. The van der Waals surface area contributed by atoms with Gasteiger partial charge in [0, 0.05) is 12.7 Å². The Morgan fingerprint density at radius 3 is 2.76 bits per heavy atom. The third-order valence-electron chi connectivity index (χ3n) is 1.84. The quantitative estimate of drug-likeness (QED) is 0.614. The van der Waals surface area contributed by atoms with Crippen LogP contribution in [0, 0.1) is 3.57 Å². The highest BCUT2D eigenvalue weighted by molar-refractivity contribution is 14.1. The topological polar surface area (TPSA) is 61.2 Å². The highest BCUT2D eigenvalue weighted by Gasteiger charge is 2.16. The largest absolute Gasteiger partial charge is 0.460 e. The molecular formula is C11H15IN2O3. The highest BCUT2D eigenvalue weighted by Crippen LogP contribution is 2.08. The van der Waals surface area contributed by atoms with E-state index in [9.17, 15) is 9.59 Å². The normalized spacial score (nSPS) is 11.3. The Balaban J connectivity index is 2.60. The van der Waals surface area contributed by atoms with Gasteiger partial charge in [-0.05, 0) is 43.4 Å². The standard InChI is InChI=1S/C11H15IN2O3/c1-11(2,3)17-9(15)4-5-14-7-13-6-8(12)10(14)16/h6-7H,4-5H2,1-3H3. The van der Waals surface area contributed by atoms with Gasteiger partial charge in [0.2, 0.25) is 0 Å². The van der Waals surface area contributed by atoms with Crippen molar-refractivity contribution in [3.05, 3.63) is 26.4 Å². The summed E-state index contributed by atoms with van der Waals surface area (Å²) in [6.07, 6.45) is 3.08. The molecule has 0 aromatic carbocycles. The van der Waals surface area contributed by atoms with Crippen LogP contribution in [0.25, 0.3) is 0 Å². The van der Waals surface area contributed by atoms with E-state index in [1.165, 1.54) is 17.1 Å². The minimum absolute atomic E-state index is 0.135. The zero-order valence-electron chi connectivity index (χ0n) is 10.1. The molecule has 0 bridgehead atoms. The molecule has 0 aliphatic carbocycles. The molecule has 0 radical (unpaired) electrons. The molecule has 1 heterocycles. The molecule has 0 N–H and O–H groups in total. The molecule has 0 saturated heterocycles. The van der Waals surface area contributed by atoms with Crippen LogP contribution >= 0.6 is 22.6 Å². The van der Waals surface area contributed by atoms with Gasteiger partial charge in [0.1, 0.15) is 5.60 Å². The van der Waals surface area contributed by atoms with E-state index in [1.807, 2.05) is 43.4 Å². The second-order valence-corrected chi connectivity index (χ2v) is 5.74. The zero-order chi connectivity index (χ0) is 13.1. The van der Waals surface area contributed by atoms with E-state index >= 15 is 0 Å². The number of hydrogen-bond acceptors (Lipinski definition) is 4. The predicted octanol–water partition coefficient (Wildman–Crippen LogP) is 1.58. The van der Waals surface area contributed by atoms with Gasteiger partial charge >= 0.3 is 5.97 Å². The van der Waals surface area contributed by atoms with E-state index in [0.717, 1.165) is 0 Å².